The number of carbonyl (C=O) groups is 1. The van der Waals surface area contributed by atoms with Crippen LogP contribution in [0.1, 0.15) is 28.9 Å². The molecule has 0 aliphatic rings. The Kier molecular flexibility index (Phi) is 5.80. The van der Waals surface area contributed by atoms with Gasteiger partial charge in [0.2, 0.25) is 5.78 Å². The molecule has 1 unspecified atom stereocenters. The SMILES string of the molecule is CCNC(=S)C(C(=O)c1ccccc1Br)[n+]1cccc(C)c1. The van der Waals surface area contributed by atoms with E-state index in [1.54, 1.807) is 0 Å². The third kappa shape index (κ3) is 3.78. The van der Waals surface area contributed by atoms with Crippen molar-refractivity contribution in [1.29, 1.82) is 0 Å². The maximum atomic E-state index is 13.0. The van der Waals surface area contributed by atoms with E-state index in [-0.39, 0.29) is 5.78 Å². The van der Waals surface area contributed by atoms with E-state index in [0.717, 1.165) is 10.0 Å². The number of halogens is 1. The van der Waals surface area contributed by atoms with Crippen molar-refractivity contribution in [2.45, 2.75) is 19.9 Å². The van der Waals surface area contributed by atoms with Gasteiger partial charge in [0.1, 0.15) is 0 Å². The van der Waals surface area contributed by atoms with Gasteiger partial charge in [-0.05, 0) is 32.0 Å². The summed E-state index contributed by atoms with van der Waals surface area (Å²) in [6.45, 7) is 4.64. The van der Waals surface area contributed by atoms with Gasteiger partial charge in [0.05, 0.1) is 0 Å². The molecule has 1 atom stereocenters. The molecule has 0 aliphatic heterocycles. The number of nitrogens with one attached hydrogen (secondary N) is 1. The van der Waals surface area contributed by atoms with Crippen molar-refractivity contribution in [1.82, 2.24) is 5.32 Å². The van der Waals surface area contributed by atoms with E-state index in [4.69, 9.17) is 12.2 Å². The lowest BCUT2D eigenvalue weighted by molar-refractivity contribution is -0.692. The van der Waals surface area contributed by atoms with Gasteiger partial charge in [-0.25, -0.2) is 0 Å². The summed E-state index contributed by atoms with van der Waals surface area (Å²) < 4.78 is 2.64. The Morgan fingerprint density at radius 2 is 2.05 bits per heavy atom. The Morgan fingerprint density at radius 1 is 1.32 bits per heavy atom. The van der Waals surface area contributed by atoms with E-state index in [0.29, 0.717) is 17.1 Å². The van der Waals surface area contributed by atoms with E-state index >= 15 is 0 Å². The van der Waals surface area contributed by atoms with Crippen LogP contribution in [0.25, 0.3) is 0 Å². The van der Waals surface area contributed by atoms with Gasteiger partial charge >= 0.3 is 0 Å². The van der Waals surface area contributed by atoms with Crippen LogP contribution < -0.4 is 9.88 Å². The van der Waals surface area contributed by atoms with Gasteiger partial charge in [0.15, 0.2) is 17.4 Å². The number of rotatable bonds is 5. The molecule has 0 bridgehead atoms. The van der Waals surface area contributed by atoms with Gasteiger partial charge in [-0.1, -0.05) is 40.3 Å². The van der Waals surface area contributed by atoms with Crippen molar-refractivity contribution in [2.24, 2.45) is 0 Å². The highest BCUT2D eigenvalue weighted by Gasteiger charge is 2.33. The molecule has 114 valence electrons. The fraction of sp³-hybridized carbons (Fsp3) is 0.235. The van der Waals surface area contributed by atoms with Crippen LogP contribution >= 0.6 is 28.1 Å². The monoisotopic (exact) mass is 377 g/mol. The zero-order valence-electron chi connectivity index (χ0n) is 12.5. The van der Waals surface area contributed by atoms with E-state index in [2.05, 4.69) is 21.2 Å². The van der Waals surface area contributed by atoms with Gasteiger partial charge in [0.25, 0.3) is 6.04 Å². The number of Topliss-reactive ketones (excluding diaryl/α,β-unsaturated/α-hetero) is 1. The molecular weight excluding hydrogens is 360 g/mol. The lowest BCUT2D eigenvalue weighted by atomic mass is 10.0. The number of likely N-dealkylation sites (N-methyl/N-ethyl adjacent to an activating group) is 1. The van der Waals surface area contributed by atoms with Crippen molar-refractivity contribution in [3.05, 3.63) is 64.4 Å². The van der Waals surface area contributed by atoms with Gasteiger partial charge in [-0.3, -0.25) is 4.79 Å². The van der Waals surface area contributed by atoms with Crippen LogP contribution in [0.15, 0.2) is 53.3 Å². The van der Waals surface area contributed by atoms with E-state index in [1.807, 2.05) is 67.2 Å². The van der Waals surface area contributed by atoms with Crippen LogP contribution in [0.4, 0.5) is 0 Å². The number of hydrogen-bond acceptors (Lipinski definition) is 2. The second-order valence-corrected chi connectivity index (χ2v) is 6.26. The van der Waals surface area contributed by atoms with Crippen LogP contribution in [-0.4, -0.2) is 17.3 Å². The Labute approximate surface area is 144 Å². The number of hydrogen-bond donors (Lipinski definition) is 1. The Balaban J connectivity index is 2.47. The summed E-state index contributed by atoms with van der Waals surface area (Å²) in [7, 11) is 0. The maximum Gasteiger partial charge on any atom is 0.270 e. The maximum absolute atomic E-state index is 13.0. The number of aromatic nitrogens is 1. The quantitative estimate of drug-likeness (QED) is 0.492. The second-order valence-electron chi connectivity index (χ2n) is 4.97. The molecule has 1 N–H and O–H groups in total. The molecule has 1 aromatic carbocycles. The molecule has 0 spiro atoms. The highest BCUT2D eigenvalue weighted by atomic mass is 79.9. The minimum Gasteiger partial charge on any atom is -0.374 e. The molecule has 1 heterocycles. The number of nitrogens with zero attached hydrogens (tertiary/aromatic N) is 1. The lowest BCUT2D eigenvalue weighted by Gasteiger charge is -2.14. The smallest absolute Gasteiger partial charge is 0.270 e. The molecule has 2 rings (SSSR count). The lowest BCUT2D eigenvalue weighted by Crippen LogP contribution is -2.51. The second kappa shape index (κ2) is 7.61. The third-order valence-corrected chi connectivity index (χ3v) is 4.31. The predicted molar refractivity (Wildman–Crippen MR) is 95.2 cm³/mol. The normalized spacial score (nSPS) is 11.8. The number of benzene rings is 1. The summed E-state index contributed by atoms with van der Waals surface area (Å²) in [6, 6.07) is 10.8. The van der Waals surface area contributed by atoms with Crippen molar-refractivity contribution < 1.29 is 9.36 Å². The van der Waals surface area contributed by atoms with Crippen LogP contribution in [0.2, 0.25) is 0 Å². The predicted octanol–water partition coefficient (Wildman–Crippen LogP) is 3.41. The van der Waals surface area contributed by atoms with Crippen molar-refractivity contribution in [2.75, 3.05) is 6.54 Å². The number of pyridine rings is 1. The van der Waals surface area contributed by atoms with Crippen molar-refractivity contribution in [3.63, 3.8) is 0 Å². The van der Waals surface area contributed by atoms with E-state index in [9.17, 15) is 4.79 Å². The summed E-state index contributed by atoms with van der Waals surface area (Å²) in [5.41, 5.74) is 1.70. The highest BCUT2D eigenvalue weighted by molar-refractivity contribution is 9.10. The van der Waals surface area contributed by atoms with Gasteiger partial charge in [-0.15, -0.1) is 0 Å². The minimum atomic E-state index is -0.548. The zero-order chi connectivity index (χ0) is 16.1. The first-order valence-electron chi connectivity index (χ1n) is 7.08. The number of aryl methyl sites for hydroxylation is 1. The summed E-state index contributed by atoms with van der Waals surface area (Å²) >= 11 is 8.90. The number of carbonyl (C=O) groups excluding carboxylic acids is 1. The third-order valence-electron chi connectivity index (χ3n) is 3.26. The van der Waals surface area contributed by atoms with E-state index in [1.165, 1.54) is 0 Å². The zero-order valence-corrected chi connectivity index (χ0v) is 14.9. The van der Waals surface area contributed by atoms with Crippen LogP contribution in [0.3, 0.4) is 0 Å². The molecule has 1 aromatic heterocycles. The number of thiocarbonyl (C=S) groups is 1. The molecule has 0 saturated carbocycles. The number of ketones is 1. The first-order chi connectivity index (χ1) is 10.5. The van der Waals surface area contributed by atoms with Crippen molar-refractivity contribution >= 4 is 38.9 Å². The van der Waals surface area contributed by atoms with Gasteiger partial charge in [-0.2, -0.15) is 4.57 Å². The van der Waals surface area contributed by atoms with E-state index < -0.39 is 6.04 Å². The van der Waals surface area contributed by atoms with Gasteiger partial charge < -0.3 is 5.32 Å². The first-order valence-corrected chi connectivity index (χ1v) is 8.28. The standard InChI is InChI=1S/C17H17BrN2OS/c1-3-19-17(22)15(20-10-6-7-12(2)11-20)16(21)13-8-4-5-9-14(13)18/h4-11,15H,3H2,1-2H3/p+1. The fourth-order valence-electron chi connectivity index (χ4n) is 2.25. The van der Waals surface area contributed by atoms with Gasteiger partial charge in [0, 0.05) is 28.2 Å². The van der Waals surface area contributed by atoms with Crippen LogP contribution in [-0.2, 0) is 0 Å². The average molecular weight is 378 g/mol. The Bertz CT molecular complexity index is 703. The fourth-order valence-corrected chi connectivity index (χ4v) is 3.10. The molecule has 0 fully saturated rings. The molecule has 0 radical (unpaired) electrons. The first kappa shape index (κ1) is 16.8. The minimum absolute atomic E-state index is 0.0333. The van der Waals surface area contributed by atoms with Crippen LogP contribution in [0.5, 0.6) is 0 Å². The molecule has 2 aromatic rings. The molecular formula is C17H18BrN2OS+. The summed E-state index contributed by atoms with van der Waals surface area (Å²) in [4.78, 5) is 13.5. The summed E-state index contributed by atoms with van der Waals surface area (Å²) in [5.74, 6) is -0.0333. The summed E-state index contributed by atoms with van der Waals surface area (Å²) in [5, 5.41) is 3.11. The van der Waals surface area contributed by atoms with Crippen molar-refractivity contribution in [3.8, 4) is 0 Å². The topological polar surface area (TPSA) is 33.0 Å². The summed E-state index contributed by atoms with van der Waals surface area (Å²) in [6.07, 6.45) is 3.80. The molecule has 22 heavy (non-hydrogen) atoms. The molecule has 0 saturated heterocycles. The Hall–Kier alpha value is -1.59. The molecule has 5 heteroatoms. The molecule has 3 nitrogen and oxygen atoms in total. The molecule has 0 aliphatic carbocycles. The average Bonchev–Trinajstić information content (AvgIpc) is 2.48. The highest BCUT2D eigenvalue weighted by Crippen LogP contribution is 2.20. The largest absolute Gasteiger partial charge is 0.374 e. The van der Waals surface area contributed by atoms with Crippen LogP contribution in [0, 0.1) is 6.92 Å². The Morgan fingerprint density at radius 3 is 2.68 bits per heavy atom. The molecule has 0 amide bonds.